The van der Waals surface area contributed by atoms with Crippen LogP contribution in [0.25, 0.3) is 10.2 Å². The number of hydrogen-bond donors (Lipinski definition) is 1. The summed E-state index contributed by atoms with van der Waals surface area (Å²) in [4.78, 5) is 10.00. The number of pyridine rings is 1. The molecule has 3 aromatic heterocycles. The first kappa shape index (κ1) is 17.0. The first-order valence-electron chi connectivity index (χ1n) is 8.88. The largest absolute Gasteiger partial charge is 0.857 e. The maximum absolute atomic E-state index is 12.6. The van der Waals surface area contributed by atoms with Crippen molar-refractivity contribution in [3.05, 3.63) is 28.4 Å². The number of anilines is 1. The summed E-state index contributed by atoms with van der Waals surface area (Å²) in [5, 5.41) is 17.3. The zero-order valence-corrected chi connectivity index (χ0v) is 15.7. The Morgan fingerprint density at radius 2 is 2.15 bits per heavy atom. The number of nitrogen functional groups attached to an aromatic ring is 1. The first-order valence-corrected chi connectivity index (χ1v) is 9.69. The molecule has 0 saturated carbocycles. The highest BCUT2D eigenvalue weighted by molar-refractivity contribution is 7.21. The molecule has 0 saturated heterocycles. The van der Waals surface area contributed by atoms with E-state index < -0.39 is 5.90 Å². The van der Waals surface area contributed by atoms with Crippen molar-refractivity contribution < 1.29 is 14.3 Å². The van der Waals surface area contributed by atoms with Gasteiger partial charge in [0.05, 0.1) is 10.6 Å². The predicted molar refractivity (Wildman–Crippen MR) is 98.6 cm³/mol. The van der Waals surface area contributed by atoms with E-state index in [0.717, 1.165) is 35.2 Å². The Bertz CT molecular complexity index is 989. The van der Waals surface area contributed by atoms with Gasteiger partial charge in [-0.15, -0.1) is 11.3 Å². The van der Waals surface area contributed by atoms with Gasteiger partial charge >= 0.3 is 5.88 Å². The summed E-state index contributed by atoms with van der Waals surface area (Å²) in [6.07, 6.45) is 7.18. The van der Waals surface area contributed by atoms with Crippen LogP contribution < -0.4 is 15.5 Å². The fourth-order valence-electron chi connectivity index (χ4n) is 3.19. The van der Waals surface area contributed by atoms with Crippen molar-refractivity contribution in [2.75, 3.05) is 5.73 Å². The molecule has 8 heteroatoms. The number of aliphatic imine (C=N–C) groups is 1. The van der Waals surface area contributed by atoms with Crippen molar-refractivity contribution in [2.24, 2.45) is 4.99 Å². The predicted octanol–water partition coefficient (Wildman–Crippen LogP) is 2.44. The first-order chi connectivity index (χ1) is 12.5. The standard InChI is InChI=1S/C18H21N5O2S/c1-10(2)23-9-14(25-22-23)21-17(24)16-15(19)12-8-11-6-4-3-5-7-13(11)20-18(12)26-16/h8-10H,3-7H2,1-2H3,(H2-,19,21,22,24). The van der Waals surface area contributed by atoms with E-state index in [9.17, 15) is 5.11 Å². The average molecular weight is 371 g/mol. The molecule has 0 fully saturated rings. The normalized spacial score (nSPS) is 15.4. The highest BCUT2D eigenvalue weighted by Crippen LogP contribution is 2.35. The Labute approximate surface area is 155 Å². The van der Waals surface area contributed by atoms with Crippen molar-refractivity contribution in [1.82, 2.24) is 10.3 Å². The van der Waals surface area contributed by atoms with Crippen LogP contribution in [0.4, 0.5) is 11.6 Å². The molecule has 4 rings (SSSR count). The van der Waals surface area contributed by atoms with E-state index in [4.69, 9.17) is 15.2 Å². The van der Waals surface area contributed by atoms with E-state index in [2.05, 4.69) is 16.3 Å². The number of fused-ring (bicyclic) bond motifs is 2. The van der Waals surface area contributed by atoms with Crippen LogP contribution in [0.2, 0.25) is 0 Å². The molecule has 2 N–H and O–H groups in total. The molecule has 0 unspecified atom stereocenters. The molecule has 1 aliphatic carbocycles. The highest BCUT2D eigenvalue weighted by Gasteiger charge is 2.18. The van der Waals surface area contributed by atoms with Crippen LogP contribution in [0.5, 0.6) is 0 Å². The second-order valence-corrected chi connectivity index (χ2v) is 7.88. The maximum Gasteiger partial charge on any atom is 0.320 e. The quantitative estimate of drug-likeness (QED) is 0.329. The maximum atomic E-state index is 12.6. The van der Waals surface area contributed by atoms with Gasteiger partial charge in [-0.3, -0.25) is 4.52 Å². The minimum Gasteiger partial charge on any atom is -0.857 e. The molecule has 3 heterocycles. The Morgan fingerprint density at radius 1 is 1.35 bits per heavy atom. The summed E-state index contributed by atoms with van der Waals surface area (Å²) in [7, 11) is 0. The lowest BCUT2D eigenvalue weighted by Gasteiger charge is -2.07. The minimum atomic E-state index is -0.423. The summed E-state index contributed by atoms with van der Waals surface area (Å²) in [6.45, 7) is 3.93. The molecule has 3 aromatic rings. The van der Waals surface area contributed by atoms with Gasteiger partial charge in [-0.05, 0) is 55.8 Å². The molecular formula is C18H21N5O2S. The van der Waals surface area contributed by atoms with Crippen LogP contribution in [0.15, 0.2) is 21.8 Å². The highest BCUT2D eigenvalue weighted by atomic mass is 32.1. The Balaban J connectivity index is 1.73. The zero-order chi connectivity index (χ0) is 18.3. The molecule has 1 aliphatic rings. The van der Waals surface area contributed by atoms with Gasteiger partial charge in [0.1, 0.15) is 4.83 Å². The van der Waals surface area contributed by atoms with Crippen LogP contribution >= 0.6 is 11.3 Å². The van der Waals surface area contributed by atoms with Gasteiger partial charge in [-0.1, -0.05) is 6.42 Å². The van der Waals surface area contributed by atoms with Crippen molar-refractivity contribution in [3.8, 4) is 0 Å². The number of nitrogens with zero attached hydrogens (tertiary/aromatic N) is 4. The van der Waals surface area contributed by atoms with Gasteiger partial charge in [0.2, 0.25) is 5.27 Å². The SMILES string of the molecule is CC(C)[n+]1cc(/N=C(\[O-])c2sc3nc4c(cc3c2N)CCCCC4)on1. The third kappa shape index (κ3) is 3.05. The molecule has 0 radical (unpaired) electrons. The average Bonchev–Trinajstić information content (AvgIpc) is 3.11. The zero-order valence-electron chi connectivity index (χ0n) is 14.9. The molecule has 0 atom stereocenters. The van der Waals surface area contributed by atoms with Gasteiger partial charge in [0.15, 0.2) is 6.04 Å². The summed E-state index contributed by atoms with van der Waals surface area (Å²) >= 11 is 1.30. The smallest absolute Gasteiger partial charge is 0.320 e. The monoisotopic (exact) mass is 371 g/mol. The summed E-state index contributed by atoms with van der Waals surface area (Å²) in [6, 6.07) is 2.24. The van der Waals surface area contributed by atoms with E-state index >= 15 is 0 Å². The van der Waals surface area contributed by atoms with Gasteiger partial charge in [-0.2, -0.15) is 0 Å². The van der Waals surface area contributed by atoms with E-state index in [1.165, 1.54) is 29.7 Å². The number of rotatable bonds is 3. The molecule has 26 heavy (non-hydrogen) atoms. The molecule has 0 spiro atoms. The second-order valence-electron chi connectivity index (χ2n) is 6.88. The van der Waals surface area contributed by atoms with Gasteiger partial charge in [0, 0.05) is 17.0 Å². The van der Waals surface area contributed by atoms with E-state index in [0.29, 0.717) is 10.6 Å². The lowest BCUT2D eigenvalue weighted by Crippen LogP contribution is -2.36. The fraction of sp³-hybridized carbons (Fsp3) is 0.444. The van der Waals surface area contributed by atoms with Crippen LogP contribution in [-0.2, 0) is 12.8 Å². The Kier molecular flexibility index (Phi) is 4.36. The van der Waals surface area contributed by atoms with Crippen LogP contribution in [0.1, 0.15) is 55.3 Å². The third-order valence-electron chi connectivity index (χ3n) is 4.66. The van der Waals surface area contributed by atoms with Crippen molar-refractivity contribution >= 4 is 39.0 Å². The van der Waals surface area contributed by atoms with Gasteiger partial charge in [-0.25, -0.2) is 9.98 Å². The molecule has 136 valence electrons. The van der Waals surface area contributed by atoms with Crippen molar-refractivity contribution in [2.45, 2.75) is 52.0 Å². The van der Waals surface area contributed by atoms with E-state index in [-0.39, 0.29) is 11.9 Å². The second kappa shape index (κ2) is 6.68. The fourth-order valence-corrected chi connectivity index (χ4v) is 4.17. The minimum absolute atomic E-state index is 0.131. The number of nitrogens with two attached hydrogens (primary N) is 1. The van der Waals surface area contributed by atoms with Crippen molar-refractivity contribution in [3.63, 3.8) is 0 Å². The summed E-state index contributed by atoms with van der Waals surface area (Å²) in [5.74, 6) is -0.253. The lowest BCUT2D eigenvalue weighted by molar-refractivity contribution is -0.779. The number of aromatic nitrogens is 3. The van der Waals surface area contributed by atoms with E-state index in [1.54, 1.807) is 10.9 Å². The number of aryl methyl sites for hydroxylation is 2. The molecular weight excluding hydrogens is 350 g/mol. The molecule has 0 aliphatic heterocycles. The van der Waals surface area contributed by atoms with E-state index in [1.807, 2.05) is 13.8 Å². The number of hydrogen-bond acceptors (Lipinski definition) is 7. The Morgan fingerprint density at radius 3 is 2.92 bits per heavy atom. The summed E-state index contributed by atoms with van der Waals surface area (Å²) in [5.41, 5.74) is 9.10. The van der Waals surface area contributed by atoms with Crippen LogP contribution in [0, 0.1) is 0 Å². The third-order valence-corrected chi connectivity index (χ3v) is 5.76. The van der Waals surface area contributed by atoms with Gasteiger partial charge < -0.3 is 10.8 Å². The topological polar surface area (TPSA) is 104 Å². The van der Waals surface area contributed by atoms with Crippen LogP contribution in [-0.4, -0.2) is 16.2 Å². The summed E-state index contributed by atoms with van der Waals surface area (Å²) < 4.78 is 6.71. The Hall–Kier alpha value is -2.48. The van der Waals surface area contributed by atoms with Crippen molar-refractivity contribution in [1.29, 1.82) is 0 Å². The lowest BCUT2D eigenvalue weighted by atomic mass is 10.1. The van der Waals surface area contributed by atoms with Crippen LogP contribution in [0.3, 0.4) is 0 Å². The molecule has 7 nitrogen and oxygen atoms in total. The molecule has 0 amide bonds. The molecule has 0 aromatic carbocycles. The van der Waals surface area contributed by atoms with Gasteiger partial charge in [0.25, 0.3) is 6.20 Å². The molecule has 0 bridgehead atoms. The number of thiophene rings is 1.